The molecule has 1 aromatic rings. The molecule has 0 amide bonds. The molecule has 2 N–H and O–H groups in total. The van der Waals surface area contributed by atoms with Crippen molar-refractivity contribution in [2.45, 2.75) is 0 Å². The van der Waals surface area contributed by atoms with Gasteiger partial charge in [0.05, 0.1) is 6.67 Å². The molecular formula is C8H11BrN2. The van der Waals surface area contributed by atoms with E-state index >= 15 is 0 Å². The summed E-state index contributed by atoms with van der Waals surface area (Å²) < 4.78 is 1.08. The highest BCUT2D eigenvalue weighted by atomic mass is 79.9. The summed E-state index contributed by atoms with van der Waals surface area (Å²) in [6.45, 7) is 0.538. The predicted molar refractivity (Wildman–Crippen MR) is 51.6 cm³/mol. The van der Waals surface area contributed by atoms with Gasteiger partial charge >= 0.3 is 0 Å². The number of nitrogens with two attached hydrogens (primary N) is 1. The fourth-order valence-electron chi connectivity index (χ4n) is 0.819. The van der Waals surface area contributed by atoms with E-state index in [1.165, 1.54) is 0 Å². The number of nitrogens with zero attached hydrogens (tertiary/aromatic N) is 1. The van der Waals surface area contributed by atoms with Crippen LogP contribution in [0.25, 0.3) is 0 Å². The third-order valence-electron chi connectivity index (χ3n) is 1.52. The number of anilines is 1. The molecule has 0 saturated heterocycles. The standard InChI is InChI=1S/C8H11BrN2/c1-11(6-10)8-4-2-3-7(9)5-8/h2-5H,6,10H2,1H3. The van der Waals surface area contributed by atoms with Gasteiger partial charge in [-0.3, -0.25) is 0 Å². The summed E-state index contributed by atoms with van der Waals surface area (Å²) in [6, 6.07) is 8.05. The molecule has 0 bridgehead atoms. The quantitative estimate of drug-likeness (QED) is 0.762. The molecule has 0 spiro atoms. The molecule has 0 radical (unpaired) electrons. The smallest absolute Gasteiger partial charge is 0.0653 e. The minimum atomic E-state index is 0.538. The normalized spacial score (nSPS) is 9.73. The summed E-state index contributed by atoms with van der Waals surface area (Å²) in [5.74, 6) is 0. The highest BCUT2D eigenvalue weighted by Gasteiger charge is 1.96. The molecule has 60 valence electrons. The Bertz CT molecular complexity index is 237. The second-order valence-corrected chi connectivity index (χ2v) is 3.28. The fourth-order valence-corrected chi connectivity index (χ4v) is 1.21. The zero-order valence-electron chi connectivity index (χ0n) is 6.42. The average molecular weight is 215 g/mol. The molecular weight excluding hydrogens is 204 g/mol. The predicted octanol–water partition coefficient (Wildman–Crippen LogP) is 1.80. The van der Waals surface area contributed by atoms with E-state index in [-0.39, 0.29) is 0 Å². The molecule has 11 heavy (non-hydrogen) atoms. The highest BCUT2D eigenvalue weighted by Crippen LogP contribution is 2.17. The van der Waals surface area contributed by atoms with Gasteiger partial charge in [0.25, 0.3) is 0 Å². The largest absolute Gasteiger partial charge is 0.362 e. The van der Waals surface area contributed by atoms with Crippen molar-refractivity contribution in [2.24, 2.45) is 5.73 Å². The topological polar surface area (TPSA) is 29.3 Å². The van der Waals surface area contributed by atoms with Crippen molar-refractivity contribution in [3.8, 4) is 0 Å². The van der Waals surface area contributed by atoms with Crippen LogP contribution in [0.3, 0.4) is 0 Å². The Hall–Kier alpha value is -0.540. The van der Waals surface area contributed by atoms with Gasteiger partial charge in [0.15, 0.2) is 0 Å². The zero-order valence-corrected chi connectivity index (χ0v) is 8.01. The lowest BCUT2D eigenvalue weighted by molar-refractivity contribution is 0.932. The number of hydrogen-bond acceptors (Lipinski definition) is 2. The van der Waals surface area contributed by atoms with E-state index < -0.39 is 0 Å². The molecule has 1 aromatic carbocycles. The molecule has 0 atom stereocenters. The number of benzene rings is 1. The van der Waals surface area contributed by atoms with E-state index in [0.29, 0.717) is 6.67 Å². The van der Waals surface area contributed by atoms with Crippen LogP contribution in [0.15, 0.2) is 28.7 Å². The maximum atomic E-state index is 5.46. The Balaban J connectivity index is 2.86. The molecule has 0 aliphatic carbocycles. The van der Waals surface area contributed by atoms with Crippen molar-refractivity contribution in [1.82, 2.24) is 0 Å². The van der Waals surface area contributed by atoms with Crippen LogP contribution in [0, 0.1) is 0 Å². The molecule has 3 heteroatoms. The van der Waals surface area contributed by atoms with Crippen LogP contribution in [0.1, 0.15) is 0 Å². The third-order valence-corrected chi connectivity index (χ3v) is 2.02. The van der Waals surface area contributed by atoms with E-state index in [4.69, 9.17) is 5.73 Å². The second-order valence-electron chi connectivity index (χ2n) is 2.36. The van der Waals surface area contributed by atoms with Crippen LogP contribution < -0.4 is 10.6 Å². The summed E-state index contributed by atoms with van der Waals surface area (Å²) in [4.78, 5) is 1.98. The van der Waals surface area contributed by atoms with Crippen LogP contribution in [-0.2, 0) is 0 Å². The lowest BCUT2D eigenvalue weighted by Gasteiger charge is -2.16. The molecule has 0 aliphatic heterocycles. The SMILES string of the molecule is CN(CN)c1cccc(Br)c1. The van der Waals surface area contributed by atoms with Gasteiger partial charge in [-0.05, 0) is 18.2 Å². The lowest BCUT2D eigenvalue weighted by atomic mass is 10.3. The van der Waals surface area contributed by atoms with Crippen molar-refractivity contribution in [3.05, 3.63) is 28.7 Å². The van der Waals surface area contributed by atoms with Gasteiger partial charge in [0, 0.05) is 17.2 Å². The van der Waals surface area contributed by atoms with Gasteiger partial charge in [-0.15, -0.1) is 0 Å². The van der Waals surface area contributed by atoms with Gasteiger partial charge in [-0.25, -0.2) is 0 Å². The summed E-state index contributed by atoms with van der Waals surface area (Å²) in [5.41, 5.74) is 6.59. The molecule has 1 rings (SSSR count). The first kappa shape index (κ1) is 8.56. The molecule has 2 nitrogen and oxygen atoms in total. The third kappa shape index (κ3) is 2.20. The van der Waals surface area contributed by atoms with E-state index in [1.807, 2.05) is 36.2 Å². The molecule has 0 aromatic heterocycles. The van der Waals surface area contributed by atoms with E-state index in [9.17, 15) is 0 Å². The average Bonchev–Trinajstić information content (AvgIpc) is 2.03. The van der Waals surface area contributed by atoms with Crippen LogP contribution in [0.4, 0.5) is 5.69 Å². The maximum Gasteiger partial charge on any atom is 0.0653 e. The monoisotopic (exact) mass is 214 g/mol. The maximum absolute atomic E-state index is 5.46. The first-order valence-corrected chi connectivity index (χ1v) is 4.20. The second kappa shape index (κ2) is 3.74. The first-order valence-electron chi connectivity index (χ1n) is 3.41. The number of hydrogen-bond donors (Lipinski definition) is 1. The molecule has 0 heterocycles. The first-order chi connectivity index (χ1) is 5.24. The molecule has 0 unspecified atom stereocenters. The Morgan fingerprint density at radius 3 is 2.82 bits per heavy atom. The summed E-state index contributed by atoms with van der Waals surface area (Å²) >= 11 is 3.39. The van der Waals surface area contributed by atoms with Gasteiger partial charge < -0.3 is 10.6 Å². The Morgan fingerprint density at radius 1 is 1.55 bits per heavy atom. The van der Waals surface area contributed by atoms with Crippen LogP contribution in [0.2, 0.25) is 0 Å². The van der Waals surface area contributed by atoms with Gasteiger partial charge in [0.2, 0.25) is 0 Å². The van der Waals surface area contributed by atoms with E-state index in [2.05, 4.69) is 15.9 Å². The Morgan fingerprint density at radius 2 is 2.27 bits per heavy atom. The lowest BCUT2D eigenvalue weighted by Crippen LogP contribution is -2.24. The minimum absolute atomic E-state index is 0.538. The number of rotatable bonds is 2. The summed E-state index contributed by atoms with van der Waals surface area (Å²) in [6.07, 6.45) is 0. The van der Waals surface area contributed by atoms with Gasteiger partial charge in [0.1, 0.15) is 0 Å². The van der Waals surface area contributed by atoms with Gasteiger partial charge in [-0.1, -0.05) is 22.0 Å². The van der Waals surface area contributed by atoms with Crippen LogP contribution in [-0.4, -0.2) is 13.7 Å². The van der Waals surface area contributed by atoms with Crippen molar-refractivity contribution in [3.63, 3.8) is 0 Å². The highest BCUT2D eigenvalue weighted by molar-refractivity contribution is 9.10. The molecule has 0 fully saturated rings. The van der Waals surface area contributed by atoms with Crippen molar-refractivity contribution in [1.29, 1.82) is 0 Å². The van der Waals surface area contributed by atoms with Crippen LogP contribution >= 0.6 is 15.9 Å². The number of halogens is 1. The van der Waals surface area contributed by atoms with Crippen molar-refractivity contribution < 1.29 is 0 Å². The summed E-state index contributed by atoms with van der Waals surface area (Å²) in [7, 11) is 1.96. The minimum Gasteiger partial charge on any atom is -0.362 e. The Kier molecular flexibility index (Phi) is 2.91. The van der Waals surface area contributed by atoms with Gasteiger partial charge in [-0.2, -0.15) is 0 Å². The van der Waals surface area contributed by atoms with E-state index in [0.717, 1.165) is 10.2 Å². The molecule has 0 saturated carbocycles. The zero-order chi connectivity index (χ0) is 8.27. The van der Waals surface area contributed by atoms with Crippen LogP contribution in [0.5, 0.6) is 0 Å². The van der Waals surface area contributed by atoms with E-state index in [1.54, 1.807) is 0 Å². The fraction of sp³-hybridized carbons (Fsp3) is 0.250. The van der Waals surface area contributed by atoms with Crippen molar-refractivity contribution in [2.75, 3.05) is 18.6 Å². The van der Waals surface area contributed by atoms with Crippen molar-refractivity contribution >= 4 is 21.6 Å². The Labute approximate surface area is 75.1 Å². The summed E-state index contributed by atoms with van der Waals surface area (Å²) in [5, 5.41) is 0. The molecule has 0 aliphatic rings.